The number of halogens is 3. The Balaban J connectivity index is 2.49. The number of rotatable bonds is 7. The summed E-state index contributed by atoms with van der Waals surface area (Å²) in [7, 11) is -3.84. The fourth-order valence-corrected chi connectivity index (χ4v) is 4.61. The van der Waals surface area contributed by atoms with Crippen molar-refractivity contribution in [3.63, 3.8) is 0 Å². The van der Waals surface area contributed by atoms with Crippen LogP contribution in [0, 0.1) is 0 Å². The third kappa shape index (κ3) is 5.38. The molecule has 1 N–H and O–H groups in total. The summed E-state index contributed by atoms with van der Waals surface area (Å²) in [6, 6.07) is 3.33. The first-order valence-electron chi connectivity index (χ1n) is 8.88. The van der Waals surface area contributed by atoms with Gasteiger partial charge < -0.3 is 9.84 Å². The number of sulfonamides is 1. The molecular weight excluding hydrogens is 399 g/mol. The highest BCUT2D eigenvalue weighted by atomic mass is 32.2. The molecule has 6 nitrogen and oxygen atoms in total. The minimum Gasteiger partial charge on any atom is -0.487 e. The zero-order valence-electron chi connectivity index (χ0n) is 15.9. The van der Waals surface area contributed by atoms with E-state index in [0.29, 0.717) is 11.3 Å². The van der Waals surface area contributed by atoms with E-state index in [-0.39, 0.29) is 30.7 Å². The van der Waals surface area contributed by atoms with E-state index < -0.39 is 40.2 Å². The van der Waals surface area contributed by atoms with Crippen molar-refractivity contribution in [2.45, 2.75) is 57.9 Å². The van der Waals surface area contributed by atoms with Gasteiger partial charge in [0.25, 0.3) is 0 Å². The molecule has 0 bridgehead atoms. The number of hydrogen-bond acceptors (Lipinski definition) is 4. The molecule has 158 valence electrons. The summed E-state index contributed by atoms with van der Waals surface area (Å²) in [5, 5.41) is 9.25. The third-order valence-electron chi connectivity index (χ3n) is 4.60. The minimum absolute atomic E-state index is 0.0452. The summed E-state index contributed by atoms with van der Waals surface area (Å²) < 4.78 is 70.0. The molecule has 1 aromatic carbocycles. The maximum absolute atomic E-state index is 12.7. The highest BCUT2D eigenvalue weighted by Gasteiger charge is 2.41. The Hall–Kier alpha value is -1.81. The second-order valence-electron chi connectivity index (χ2n) is 7.37. The molecule has 0 saturated carbocycles. The van der Waals surface area contributed by atoms with Gasteiger partial charge in [-0.1, -0.05) is 0 Å². The Morgan fingerprint density at radius 1 is 1.36 bits per heavy atom. The van der Waals surface area contributed by atoms with Crippen molar-refractivity contribution in [1.29, 1.82) is 0 Å². The van der Waals surface area contributed by atoms with E-state index in [1.165, 1.54) is 25.1 Å². The van der Waals surface area contributed by atoms with Crippen LogP contribution < -0.4 is 4.74 Å². The quantitative estimate of drug-likeness (QED) is 0.717. The third-order valence-corrected chi connectivity index (χ3v) is 6.48. The van der Waals surface area contributed by atoms with Gasteiger partial charge in [0.15, 0.2) is 0 Å². The largest absolute Gasteiger partial charge is 0.487 e. The predicted molar refractivity (Wildman–Crippen MR) is 96.9 cm³/mol. The number of carbonyl (C=O) groups is 1. The molecule has 0 fully saturated rings. The van der Waals surface area contributed by atoms with Crippen molar-refractivity contribution in [3.8, 4) is 5.75 Å². The number of ether oxygens (including phenoxy) is 1. The normalized spacial score (nSPS) is 19.2. The van der Waals surface area contributed by atoms with Gasteiger partial charge in [-0.05, 0) is 45.4 Å². The highest BCUT2D eigenvalue weighted by molar-refractivity contribution is 7.89. The molecular formula is C18H24F3NO5S. The van der Waals surface area contributed by atoms with Crippen LogP contribution in [-0.4, -0.2) is 47.9 Å². The van der Waals surface area contributed by atoms with Gasteiger partial charge in [0.05, 0.1) is 17.4 Å². The lowest BCUT2D eigenvalue weighted by atomic mass is 9.88. The zero-order valence-corrected chi connectivity index (χ0v) is 16.7. The van der Waals surface area contributed by atoms with Crippen LogP contribution in [0.1, 0.15) is 62.0 Å². The zero-order chi connectivity index (χ0) is 21.3. The molecule has 0 radical (unpaired) electrons. The Labute approximate surface area is 162 Å². The number of nitrogens with zero attached hydrogens (tertiary/aromatic N) is 1. The lowest BCUT2D eigenvalue weighted by molar-refractivity contribution is -0.136. The molecule has 1 atom stereocenters. The first-order valence-corrected chi connectivity index (χ1v) is 10.5. The second kappa shape index (κ2) is 7.90. The Kier molecular flexibility index (Phi) is 6.34. The molecule has 1 aliphatic heterocycles. The predicted octanol–water partition coefficient (Wildman–Crippen LogP) is 3.98. The summed E-state index contributed by atoms with van der Waals surface area (Å²) in [6.45, 7) is 4.61. The van der Waals surface area contributed by atoms with Gasteiger partial charge in [0.1, 0.15) is 11.4 Å². The molecule has 0 aliphatic carbocycles. The number of benzene rings is 1. The van der Waals surface area contributed by atoms with E-state index in [2.05, 4.69) is 0 Å². The van der Waals surface area contributed by atoms with Gasteiger partial charge in [-0.3, -0.25) is 0 Å². The average molecular weight is 423 g/mol. The van der Waals surface area contributed by atoms with Crippen LogP contribution in [0.2, 0.25) is 0 Å². The Bertz CT molecular complexity index is 836. The Morgan fingerprint density at radius 2 is 2.00 bits per heavy atom. The van der Waals surface area contributed by atoms with Crippen LogP contribution in [0.5, 0.6) is 5.75 Å². The summed E-state index contributed by atoms with van der Waals surface area (Å²) in [4.78, 5) is 11.3. The summed E-state index contributed by atoms with van der Waals surface area (Å²) in [5.74, 6) is -1.13. The second-order valence-corrected chi connectivity index (χ2v) is 9.58. The topological polar surface area (TPSA) is 83.9 Å². The molecule has 28 heavy (non-hydrogen) atoms. The maximum Gasteiger partial charge on any atom is 0.389 e. The maximum atomic E-state index is 12.7. The van der Waals surface area contributed by atoms with Gasteiger partial charge >= 0.3 is 12.1 Å². The number of carboxylic acid groups (broad SMARTS) is 1. The van der Waals surface area contributed by atoms with Crippen molar-refractivity contribution in [2.24, 2.45) is 0 Å². The van der Waals surface area contributed by atoms with Crippen molar-refractivity contribution in [2.75, 3.05) is 12.3 Å². The monoisotopic (exact) mass is 423 g/mol. The van der Waals surface area contributed by atoms with Gasteiger partial charge in [0.2, 0.25) is 10.0 Å². The van der Waals surface area contributed by atoms with Gasteiger partial charge in [-0.15, -0.1) is 0 Å². The molecule has 0 amide bonds. The van der Waals surface area contributed by atoms with Crippen molar-refractivity contribution in [1.82, 2.24) is 4.31 Å². The first-order chi connectivity index (χ1) is 12.8. The summed E-state index contributed by atoms with van der Waals surface area (Å²) in [5.41, 5.74) is -0.465. The highest BCUT2D eigenvalue weighted by Crippen LogP contribution is 2.44. The fourth-order valence-electron chi connectivity index (χ4n) is 3.30. The molecule has 0 saturated heterocycles. The molecule has 10 heteroatoms. The minimum atomic E-state index is -4.38. The SMILES string of the molecule is CCS(=O)(=O)N(CCCC(F)(F)F)C1CC(C)(C)Oc2ccc(C(=O)O)cc21. The van der Waals surface area contributed by atoms with Crippen LogP contribution in [0.3, 0.4) is 0 Å². The first kappa shape index (κ1) is 22.5. The van der Waals surface area contributed by atoms with Crippen LogP contribution >= 0.6 is 0 Å². The van der Waals surface area contributed by atoms with Crippen LogP contribution in [-0.2, 0) is 10.0 Å². The molecule has 1 aliphatic rings. The number of fused-ring (bicyclic) bond motifs is 1. The summed E-state index contributed by atoms with van der Waals surface area (Å²) >= 11 is 0. The van der Waals surface area contributed by atoms with Gasteiger partial charge in [0, 0.05) is 24.9 Å². The van der Waals surface area contributed by atoms with Crippen LogP contribution in [0.4, 0.5) is 13.2 Å². The van der Waals surface area contributed by atoms with E-state index in [1.807, 2.05) is 0 Å². The van der Waals surface area contributed by atoms with E-state index in [1.54, 1.807) is 13.8 Å². The van der Waals surface area contributed by atoms with Crippen molar-refractivity contribution < 1.29 is 36.2 Å². The number of hydrogen-bond donors (Lipinski definition) is 1. The lowest BCUT2D eigenvalue weighted by Gasteiger charge is -2.42. The standard InChI is InChI=1S/C18H24F3NO5S/c1-4-28(25,26)22(9-5-8-18(19,20)21)14-11-17(2,3)27-15-7-6-12(16(23)24)10-13(14)15/h6-7,10,14H,4-5,8-9,11H2,1-3H3,(H,23,24). The smallest absolute Gasteiger partial charge is 0.389 e. The van der Waals surface area contributed by atoms with Crippen molar-refractivity contribution >= 4 is 16.0 Å². The van der Waals surface area contributed by atoms with Crippen molar-refractivity contribution in [3.05, 3.63) is 29.3 Å². The molecule has 1 heterocycles. The van der Waals surface area contributed by atoms with Gasteiger partial charge in [-0.25, -0.2) is 13.2 Å². The number of aromatic carboxylic acids is 1. The fraction of sp³-hybridized carbons (Fsp3) is 0.611. The van der Waals surface area contributed by atoms with Crippen LogP contribution in [0.15, 0.2) is 18.2 Å². The summed E-state index contributed by atoms with van der Waals surface area (Å²) in [6.07, 6.45) is -5.68. The molecule has 2 rings (SSSR count). The van der Waals surface area contributed by atoms with E-state index in [0.717, 1.165) is 4.31 Å². The molecule has 1 unspecified atom stereocenters. The number of carboxylic acids is 1. The molecule has 0 spiro atoms. The van der Waals surface area contributed by atoms with Crippen LogP contribution in [0.25, 0.3) is 0 Å². The molecule has 0 aromatic heterocycles. The average Bonchev–Trinajstić information content (AvgIpc) is 2.55. The van der Waals surface area contributed by atoms with Gasteiger partial charge in [-0.2, -0.15) is 17.5 Å². The number of alkyl halides is 3. The Morgan fingerprint density at radius 3 is 2.54 bits per heavy atom. The van der Waals surface area contributed by atoms with E-state index in [9.17, 15) is 31.5 Å². The lowest BCUT2D eigenvalue weighted by Crippen LogP contribution is -2.44. The van der Waals surface area contributed by atoms with E-state index in [4.69, 9.17) is 4.74 Å². The van der Waals surface area contributed by atoms with E-state index >= 15 is 0 Å². The molecule has 1 aromatic rings.